The Bertz CT molecular complexity index is 131. The predicted molar refractivity (Wildman–Crippen MR) is 40.0 cm³/mol. The van der Waals surface area contributed by atoms with E-state index in [4.69, 9.17) is 0 Å². The molecule has 0 aliphatic heterocycles. The third kappa shape index (κ3) is 9.36. The first kappa shape index (κ1) is 10.4. The first-order valence-electron chi connectivity index (χ1n) is 3.54. The molecule has 0 aliphatic carbocycles. The van der Waals surface area contributed by atoms with Crippen LogP contribution in [-0.2, 0) is 4.74 Å². The van der Waals surface area contributed by atoms with Crippen molar-refractivity contribution < 1.29 is 18.4 Å². The Labute approximate surface area is 66.3 Å². The number of hydrogen-bond donors (Lipinski definition) is 0. The van der Waals surface area contributed by atoms with Gasteiger partial charge in [0.1, 0.15) is 0 Å². The lowest BCUT2D eigenvalue weighted by Gasteiger charge is -2.23. The summed E-state index contributed by atoms with van der Waals surface area (Å²) in [6.07, 6.45) is -0.995. The Morgan fingerprint density at radius 2 is 2.00 bits per heavy atom. The molecule has 0 radical (unpaired) electrons. The molecule has 0 heterocycles. The summed E-state index contributed by atoms with van der Waals surface area (Å²) < 4.78 is 16.4. The van der Waals surface area contributed by atoms with Crippen molar-refractivity contribution in [3.05, 3.63) is 0 Å². The van der Waals surface area contributed by atoms with Crippen molar-refractivity contribution in [2.24, 2.45) is 0 Å². The molecule has 0 aromatic carbocycles. The average Bonchev–Trinajstić information content (AvgIpc) is 1.78. The molecule has 0 aliphatic rings. The second kappa shape index (κ2) is 4.28. The number of quaternary nitrogens is 1. The average molecular weight is 164 g/mol. The second-order valence-electron chi connectivity index (χ2n) is 3.45. The lowest BCUT2D eigenvalue weighted by Crippen LogP contribution is -2.35. The highest BCUT2D eigenvalue weighted by Gasteiger charge is 2.06. The lowest BCUT2D eigenvalue weighted by molar-refractivity contribution is -0.870. The Kier molecular flexibility index (Phi) is 4.03. The minimum Gasteiger partial charge on any atom is -0.440 e. The van der Waals surface area contributed by atoms with Crippen molar-refractivity contribution in [1.82, 2.24) is 0 Å². The zero-order valence-electron chi connectivity index (χ0n) is 7.26. The molecule has 0 bridgehead atoms. The van der Waals surface area contributed by atoms with E-state index in [2.05, 4.69) is 4.74 Å². The van der Waals surface area contributed by atoms with Crippen LogP contribution in [0.5, 0.6) is 0 Å². The van der Waals surface area contributed by atoms with E-state index in [1.165, 1.54) is 0 Å². The van der Waals surface area contributed by atoms with Crippen LogP contribution < -0.4 is 0 Å². The smallest absolute Gasteiger partial charge is 0.440 e. The van der Waals surface area contributed by atoms with Crippen LogP contribution in [0.2, 0.25) is 0 Å². The summed E-state index contributed by atoms with van der Waals surface area (Å²) in [7, 11) is 6.08. The standard InChI is InChI=1S/C7H15FNO2/c1-9(2,3)5-4-6-11-7(8)10/h4-6H2,1-3H3/q+1. The Hall–Kier alpha value is -0.640. The summed E-state index contributed by atoms with van der Waals surface area (Å²) >= 11 is 0. The van der Waals surface area contributed by atoms with Crippen molar-refractivity contribution in [2.75, 3.05) is 34.3 Å². The van der Waals surface area contributed by atoms with Gasteiger partial charge in [0.05, 0.1) is 34.3 Å². The molecule has 0 aromatic rings. The van der Waals surface area contributed by atoms with E-state index >= 15 is 0 Å². The minimum atomic E-state index is -1.69. The topological polar surface area (TPSA) is 26.3 Å². The maximum Gasteiger partial charge on any atom is 0.495 e. The molecule has 0 aromatic heterocycles. The molecule has 11 heavy (non-hydrogen) atoms. The number of nitrogens with zero attached hydrogens (tertiary/aromatic N) is 1. The molecule has 0 spiro atoms. The van der Waals surface area contributed by atoms with Crippen LogP contribution in [0, 0.1) is 0 Å². The number of carbonyl (C=O) groups is 1. The van der Waals surface area contributed by atoms with E-state index in [-0.39, 0.29) is 6.61 Å². The van der Waals surface area contributed by atoms with Gasteiger partial charge in [0.15, 0.2) is 0 Å². The van der Waals surface area contributed by atoms with Crippen molar-refractivity contribution >= 4 is 6.22 Å². The van der Waals surface area contributed by atoms with Gasteiger partial charge in [-0.05, 0) is 0 Å². The van der Waals surface area contributed by atoms with E-state index in [9.17, 15) is 9.18 Å². The summed E-state index contributed by atoms with van der Waals surface area (Å²) in [4.78, 5) is 9.67. The fourth-order valence-electron chi connectivity index (χ4n) is 0.691. The van der Waals surface area contributed by atoms with Crippen molar-refractivity contribution in [2.45, 2.75) is 6.42 Å². The quantitative estimate of drug-likeness (QED) is 0.354. The summed E-state index contributed by atoms with van der Waals surface area (Å²) in [6, 6.07) is 0. The van der Waals surface area contributed by atoms with Gasteiger partial charge in [0.2, 0.25) is 0 Å². The van der Waals surface area contributed by atoms with Crippen LogP contribution in [0.1, 0.15) is 6.42 Å². The lowest BCUT2D eigenvalue weighted by atomic mass is 10.4. The number of rotatable bonds is 4. The van der Waals surface area contributed by atoms with Crippen LogP contribution in [0.15, 0.2) is 0 Å². The van der Waals surface area contributed by atoms with Crippen molar-refractivity contribution in [3.8, 4) is 0 Å². The molecule has 0 N–H and O–H groups in total. The zero-order chi connectivity index (χ0) is 8.91. The second-order valence-corrected chi connectivity index (χ2v) is 3.45. The maximum atomic E-state index is 11.5. The van der Waals surface area contributed by atoms with Gasteiger partial charge in [-0.1, -0.05) is 0 Å². The Morgan fingerprint density at radius 1 is 1.45 bits per heavy atom. The molecule has 0 fully saturated rings. The van der Waals surface area contributed by atoms with E-state index < -0.39 is 6.22 Å². The van der Waals surface area contributed by atoms with Crippen LogP contribution >= 0.6 is 0 Å². The molecular weight excluding hydrogens is 149 g/mol. The number of halogens is 1. The van der Waals surface area contributed by atoms with Crippen molar-refractivity contribution in [1.29, 1.82) is 0 Å². The highest BCUT2D eigenvalue weighted by atomic mass is 19.1. The highest BCUT2D eigenvalue weighted by molar-refractivity contribution is 5.57. The SMILES string of the molecule is C[N+](C)(C)CCCOC(=O)F. The zero-order valence-corrected chi connectivity index (χ0v) is 7.26. The molecule has 0 amide bonds. The third-order valence-corrected chi connectivity index (χ3v) is 1.19. The van der Waals surface area contributed by atoms with Crippen molar-refractivity contribution in [3.63, 3.8) is 0 Å². The molecule has 4 heteroatoms. The fraction of sp³-hybridized carbons (Fsp3) is 0.857. The maximum absolute atomic E-state index is 11.5. The molecular formula is C7H15FNO2+. The van der Waals surface area contributed by atoms with Gasteiger partial charge in [0, 0.05) is 6.42 Å². The molecule has 0 atom stereocenters. The first-order valence-corrected chi connectivity index (χ1v) is 3.54. The first-order chi connectivity index (χ1) is 4.92. The van der Waals surface area contributed by atoms with Gasteiger partial charge >= 0.3 is 6.22 Å². The largest absolute Gasteiger partial charge is 0.495 e. The highest BCUT2D eigenvalue weighted by Crippen LogP contribution is 1.94. The number of hydrogen-bond acceptors (Lipinski definition) is 2. The van der Waals surface area contributed by atoms with E-state index in [0.29, 0.717) is 6.42 Å². The number of carbonyl (C=O) groups excluding carboxylic acids is 1. The van der Waals surface area contributed by atoms with Crippen LogP contribution in [0.4, 0.5) is 9.18 Å². The van der Waals surface area contributed by atoms with Crippen LogP contribution in [0.3, 0.4) is 0 Å². The van der Waals surface area contributed by atoms with Gasteiger partial charge in [-0.25, -0.2) is 4.79 Å². The normalized spacial score (nSPS) is 11.3. The van der Waals surface area contributed by atoms with Gasteiger partial charge in [-0.2, -0.15) is 0 Å². The molecule has 3 nitrogen and oxygen atoms in total. The fourth-order valence-corrected chi connectivity index (χ4v) is 0.691. The van der Waals surface area contributed by atoms with Crippen LogP contribution in [-0.4, -0.2) is 45.0 Å². The minimum absolute atomic E-state index is 0.171. The summed E-state index contributed by atoms with van der Waals surface area (Å²) in [6.45, 7) is 1.04. The van der Waals surface area contributed by atoms with E-state index in [1.54, 1.807) is 0 Å². The third-order valence-electron chi connectivity index (χ3n) is 1.19. The van der Waals surface area contributed by atoms with Gasteiger partial charge in [-0.3, -0.25) is 0 Å². The molecule has 0 unspecified atom stereocenters. The molecule has 0 saturated heterocycles. The van der Waals surface area contributed by atoms with E-state index in [1.807, 2.05) is 21.1 Å². The number of ether oxygens (including phenoxy) is 1. The predicted octanol–water partition coefficient (Wildman–Crippen LogP) is 1.19. The van der Waals surface area contributed by atoms with Gasteiger partial charge in [-0.15, -0.1) is 4.39 Å². The summed E-state index contributed by atoms with van der Waals surface area (Å²) in [5.41, 5.74) is 0. The molecule has 66 valence electrons. The summed E-state index contributed by atoms with van der Waals surface area (Å²) in [5.74, 6) is 0. The van der Waals surface area contributed by atoms with E-state index in [0.717, 1.165) is 11.0 Å². The molecule has 0 saturated carbocycles. The van der Waals surface area contributed by atoms with Crippen LogP contribution in [0.25, 0.3) is 0 Å². The Morgan fingerprint density at radius 3 is 2.36 bits per heavy atom. The monoisotopic (exact) mass is 164 g/mol. The summed E-state index contributed by atoms with van der Waals surface area (Å²) in [5, 5.41) is 0. The Balaban J connectivity index is 3.22. The van der Waals surface area contributed by atoms with Gasteiger partial charge in [0.25, 0.3) is 0 Å². The molecule has 0 rings (SSSR count). The van der Waals surface area contributed by atoms with Gasteiger partial charge < -0.3 is 9.22 Å².